The van der Waals surface area contributed by atoms with Gasteiger partial charge in [-0.2, -0.15) is 0 Å². The fourth-order valence-corrected chi connectivity index (χ4v) is 2.39. The Bertz CT molecular complexity index is 234. The third kappa shape index (κ3) is 0.783. The molecule has 0 bridgehead atoms. The lowest BCUT2D eigenvalue weighted by molar-refractivity contribution is -0.143. The predicted octanol–water partition coefficient (Wildman–Crippen LogP) is 1.29. The molecule has 2 fully saturated rings. The van der Waals surface area contributed by atoms with Gasteiger partial charge >= 0.3 is 5.97 Å². The second kappa shape index (κ2) is 2.15. The molecule has 1 unspecified atom stereocenters. The van der Waals surface area contributed by atoms with Crippen molar-refractivity contribution in [1.29, 1.82) is 0 Å². The molecule has 1 aliphatic carbocycles. The Hall–Kier alpha value is -0.280. The van der Waals surface area contributed by atoms with E-state index in [0.29, 0.717) is 5.92 Å². The molecule has 1 atom stereocenters. The van der Waals surface area contributed by atoms with Crippen LogP contribution in [0.3, 0.4) is 0 Å². The van der Waals surface area contributed by atoms with Gasteiger partial charge in [-0.05, 0) is 18.8 Å². The van der Waals surface area contributed by atoms with E-state index in [4.69, 9.17) is 16.3 Å². The molecule has 0 aromatic carbocycles. The third-order valence-corrected chi connectivity index (χ3v) is 3.26. The number of halogens is 1. The average molecular weight is 191 g/mol. The summed E-state index contributed by atoms with van der Waals surface area (Å²) in [7, 11) is 1.32. The molecule has 3 nitrogen and oxygen atoms in total. The number of carbonyl (C=O) groups excluding carboxylic acids is 1. The Balaban J connectivity index is 2.05. The van der Waals surface area contributed by atoms with Crippen LogP contribution < -0.4 is 0 Å². The highest BCUT2D eigenvalue weighted by atomic mass is 35.5. The van der Waals surface area contributed by atoms with Gasteiger partial charge in [0.05, 0.1) is 7.11 Å². The van der Waals surface area contributed by atoms with Gasteiger partial charge in [-0.1, -0.05) is 18.5 Å². The largest absolute Gasteiger partial charge is 0.466 e. The first-order valence-electron chi connectivity index (χ1n) is 4.01. The van der Waals surface area contributed by atoms with E-state index in [1.54, 1.807) is 0 Å². The molecule has 1 spiro atoms. The summed E-state index contributed by atoms with van der Waals surface area (Å²) in [5.74, 6) is 0.145. The maximum Gasteiger partial charge on any atom is 0.357 e. The fourth-order valence-electron chi connectivity index (χ4n) is 2.01. The van der Waals surface area contributed by atoms with Gasteiger partial charge in [-0.15, -0.1) is 0 Å². The third-order valence-electron chi connectivity index (χ3n) is 2.68. The van der Waals surface area contributed by atoms with E-state index in [9.17, 15) is 4.79 Å². The second-order valence-corrected chi connectivity index (χ2v) is 4.23. The quantitative estimate of drug-likeness (QED) is 0.355. The SMILES string of the molecule is COC(=O)C1(Cl)OC12CC(C)C2. The molecule has 1 heterocycles. The Morgan fingerprint density at radius 2 is 2.25 bits per heavy atom. The summed E-state index contributed by atoms with van der Waals surface area (Å²) in [6.45, 7) is 2.11. The first kappa shape index (κ1) is 8.32. The number of rotatable bonds is 1. The van der Waals surface area contributed by atoms with Gasteiger partial charge in [0.25, 0.3) is 5.06 Å². The first-order valence-corrected chi connectivity index (χ1v) is 4.39. The number of methoxy groups -OCH3 is 1. The van der Waals surface area contributed by atoms with E-state index in [0.717, 1.165) is 12.8 Å². The van der Waals surface area contributed by atoms with Crippen molar-refractivity contribution in [2.45, 2.75) is 30.4 Å². The maximum atomic E-state index is 11.1. The highest BCUT2D eigenvalue weighted by Crippen LogP contribution is 2.64. The summed E-state index contributed by atoms with van der Waals surface area (Å²) in [6, 6.07) is 0. The molecule has 1 saturated carbocycles. The topological polar surface area (TPSA) is 38.8 Å². The van der Waals surface area contributed by atoms with Crippen LogP contribution in [0.1, 0.15) is 19.8 Å². The molecule has 2 aliphatic rings. The van der Waals surface area contributed by atoms with Gasteiger partial charge in [0.2, 0.25) is 0 Å². The van der Waals surface area contributed by atoms with Crippen molar-refractivity contribution in [3.63, 3.8) is 0 Å². The average Bonchev–Trinajstić information content (AvgIpc) is 2.56. The van der Waals surface area contributed by atoms with Crippen LogP contribution in [-0.2, 0) is 14.3 Å². The van der Waals surface area contributed by atoms with Crippen molar-refractivity contribution in [3.05, 3.63) is 0 Å². The van der Waals surface area contributed by atoms with Crippen molar-refractivity contribution in [2.24, 2.45) is 5.92 Å². The highest BCUT2D eigenvalue weighted by Gasteiger charge is 2.78. The van der Waals surface area contributed by atoms with Crippen LogP contribution in [-0.4, -0.2) is 23.7 Å². The molecular formula is C8H11ClO3. The van der Waals surface area contributed by atoms with Crippen LogP contribution in [0.25, 0.3) is 0 Å². The summed E-state index contributed by atoms with van der Waals surface area (Å²) < 4.78 is 9.79. The van der Waals surface area contributed by atoms with Crippen molar-refractivity contribution < 1.29 is 14.3 Å². The van der Waals surface area contributed by atoms with Gasteiger partial charge in [0.15, 0.2) is 0 Å². The Morgan fingerprint density at radius 3 is 2.67 bits per heavy atom. The van der Waals surface area contributed by atoms with Crippen molar-refractivity contribution in [3.8, 4) is 0 Å². The fraction of sp³-hybridized carbons (Fsp3) is 0.875. The Kier molecular flexibility index (Phi) is 1.49. The zero-order valence-electron chi connectivity index (χ0n) is 7.09. The van der Waals surface area contributed by atoms with Gasteiger partial charge in [-0.25, -0.2) is 4.79 Å². The molecule has 0 aromatic heterocycles. The normalized spacial score (nSPS) is 50.1. The number of ether oxygens (including phenoxy) is 2. The van der Waals surface area contributed by atoms with E-state index < -0.39 is 11.0 Å². The zero-order chi connectivity index (χ0) is 8.98. The smallest absolute Gasteiger partial charge is 0.357 e. The molecule has 68 valence electrons. The summed E-state index contributed by atoms with van der Waals surface area (Å²) >= 11 is 5.92. The Labute approximate surface area is 76.0 Å². The van der Waals surface area contributed by atoms with Crippen LogP contribution in [0.5, 0.6) is 0 Å². The standard InChI is InChI=1S/C8H11ClO3/c1-5-3-7(4-5)8(9,12-7)6(10)11-2/h5H,3-4H2,1-2H3. The highest BCUT2D eigenvalue weighted by molar-refractivity contribution is 6.36. The van der Waals surface area contributed by atoms with Gasteiger partial charge in [0, 0.05) is 0 Å². The van der Waals surface area contributed by atoms with Gasteiger partial charge in [-0.3, -0.25) is 0 Å². The molecule has 0 N–H and O–H groups in total. The summed E-state index contributed by atoms with van der Waals surface area (Å²) in [5.41, 5.74) is -0.388. The number of hydrogen-bond acceptors (Lipinski definition) is 3. The molecule has 0 radical (unpaired) electrons. The van der Waals surface area contributed by atoms with Crippen LogP contribution in [0.4, 0.5) is 0 Å². The number of carbonyl (C=O) groups is 1. The van der Waals surface area contributed by atoms with Gasteiger partial charge in [0.1, 0.15) is 5.60 Å². The van der Waals surface area contributed by atoms with Crippen LogP contribution in [0.2, 0.25) is 0 Å². The second-order valence-electron chi connectivity index (χ2n) is 3.70. The van der Waals surface area contributed by atoms with E-state index in [-0.39, 0.29) is 5.60 Å². The first-order chi connectivity index (χ1) is 5.54. The van der Waals surface area contributed by atoms with Crippen LogP contribution in [0, 0.1) is 5.92 Å². The summed E-state index contributed by atoms with van der Waals surface area (Å²) in [4.78, 5) is 11.1. The summed E-state index contributed by atoms with van der Waals surface area (Å²) in [5, 5.41) is -1.16. The number of hydrogen-bond donors (Lipinski definition) is 0. The van der Waals surface area contributed by atoms with Crippen molar-refractivity contribution in [1.82, 2.24) is 0 Å². The van der Waals surface area contributed by atoms with Crippen LogP contribution in [0.15, 0.2) is 0 Å². The van der Waals surface area contributed by atoms with E-state index in [2.05, 4.69) is 11.7 Å². The Morgan fingerprint density at radius 1 is 1.67 bits per heavy atom. The molecule has 1 aliphatic heterocycles. The molecule has 2 rings (SSSR count). The minimum atomic E-state index is -1.16. The van der Waals surface area contributed by atoms with E-state index in [1.165, 1.54) is 7.11 Å². The van der Waals surface area contributed by atoms with Gasteiger partial charge < -0.3 is 9.47 Å². The molecular weight excluding hydrogens is 180 g/mol. The lowest BCUT2D eigenvalue weighted by Gasteiger charge is -2.30. The molecule has 12 heavy (non-hydrogen) atoms. The number of esters is 1. The molecule has 1 saturated heterocycles. The molecule has 4 heteroatoms. The van der Waals surface area contributed by atoms with Crippen LogP contribution >= 0.6 is 11.6 Å². The molecule has 0 aromatic rings. The minimum absolute atomic E-state index is 0.388. The van der Waals surface area contributed by atoms with Crippen molar-refractivity contribution >= 4 is 17.6 Å². The summed E-state index contributed by atoms with van der Waals surface area (Å²) in [6.07, 6.45) is 1.73. The monoisotopic (exact) mass is 190 g/mol. The lowest BCUT2D eigenvalue weighted by Crippen LogP contribution is -2.39. The predicted molar refractivity (Wildman–Crippen MR) is 42.8 cm³/mol. The van der Waals surface area contributed by atoms with E-state index >= 15 is 0 Å². The zero-order valence-corrected chi connectivity index (χ0v) is 7.85. The number of alkyl halides is 1. The molecule has 0 amide bonds. The minimum Gasteiger partial charge on any atom is -0.466 e. The van der Waals surface area contributed by atoms with Crippen molar-refractivity contribution in [2.75, 3.05) is 7.11 Å². The maximum absolute atomic E-state index is 11.1. The van der Waals surface area contributed by atoms with E-state index in [1.807, 2.05) is 0 Å². The lowest BCUT2D eigenvalue weighted by atomic mass is 9.73. The number of epoxide rings is 1.